The second kappa shape index (κ2) is 11.5. The summed E-state index contributed by atoms with van der Waals surface area (Å²) in [6.45, 7) is 0.648. The van der Waals surface area contributed by atoms with Crippen molar-refractivity contribution in [2.75, 3.05) is 30.9 Å². The van der Waals surface area contributed by atoms with Crippen molar-refractivity contribution in [1.29, 1.82) is 0 Å². The van der Waals surface area contributed by atoms with E-state index in [1.165, 1.54) is 0 Å². The van der Waals surface area contributed by atoms with Crippen LogP contribution in [-0.4, -0.2) is 42.6 Å². The lowest BCUT2D eigenvalue weighted by Crippen LogP contribution is -2.43. The molecule has 4 aromatic rings. The number of rotatable bonds is 8. The summed E-state index contributed by atoms with van der Waals surface area (Å²) in [6.07, 6.45) is 4.13. The summed E-state index contributed by atoms with van der Waals surface area (Å²) in [5.41, 5.74) is 10.3. The Morgan fingerprint density at radius 1 is 0.895 bits per heavy atom. The van der Waals surface area contributed by atoms with Gasteiger partial charge in [-0.05, 0) is 48.8 Å². The van der Waals surface area contributed by atoms with Crippen LogP contribution in [0.1, 0.15) is 42.9 Å². The molecule has 0 unspecified atom stereocenters. The molecule has 3 aromatic carbocycles. The van der Waals surface area contributed by atoms with Gasteiger partial charge in [0.15, 0.2) is 0 Å². The minimum absolute atomic E-state index is 0.197. The quantitative estimate of drug-likeness (QED) is 0.288. The van der Waals surface area contributed by atoms with Crippen molar-refractivity contribution < 1.29 is 4.79 Å². The van der Waals surface area contributed by atoms with E-state index in [9.17, 15) is 4.79 Å². The van der Waals surface area contributed by atoms with Crippen LogP contribution in [0.4, 0.5) is 16.3 Å². The molecule has 196 valence electrons. The van der Waals surface area contributed by atoms with Crippen LogP contribution in [0.5, 0.6) is 0 Å². The minimum atomic E-state index is -0.375. The first-order valence-electron chi connectivity index (χ1n) is 13.5. The number of aromatic nitrogens is 1. The fourth-order valence-electron chi connectivity index (χ4n) is 5.72. The Hall–Kier alpha value is -4.06. The fraction of sp³-hybridized carbons (Fsp3) is 0.312. The SMILES string of the molecule is CN(C)c1cc(N[C@H]2CC[C@@H](CN(C(N)=O)C(c3ccccc3)c3ccccc3)CC2)nc2ccccc12. The van der Waals surface area contributed by atoms with E-state index >= 15 is 0 Å². The molecule has 1 aliphatic rings. The number of hydrogen-bond donors (Lipinski definition) is 2. The average Bonchev–Trinajstić information content (AvgIpc) is 2.94. The third-order valence-corrected chi connectivity index (χ3v) is 7.66. The zero-order chi connectivity index (χ0) is 26.5. The predicted molar refractivity (Wildman–Crippen MR) is 156 cm³/mol. The van der Waals surface area contributed by atoms with Crippen LogP contribution >= 0.6 is 0 Å². The van der Waals surface area contributed by atoms with Crippen LogP contribution in [0.15, 0.2) is 91.0 Å². The van der Waals surface area contributed by atoms with Gasteiger partial charge in [-0.15, -0.1) is 0 Å². The van der Waals surface area contributed by atoms with Crippen LogP contribution in [0.2, 0.25) is 0 Å². The lowest BCUT2D eigenvalue weighted by Gasteiger charge is -2.37. The second-order valence-corrected chi connectivity index (χ2v) is 10.5. The van der Waals surface area contributed by atoms with Crippen molar-refractivity contribution in [3.63, 3.8) is 0 Å². The number of fused-ring (bicyclic) bond motifs is 1. The summed E-state index contributed by atoms with van der Waals surface area (Å²) < 4.78 is 0. The highest BCUT2D eigenvalue weighted by atomic mass is 16.2. The number of para-hydroxylation sites is 1. The standard InChI is InChI=1S/C32H37N5O/c1-36(2)29-21-30(35-28-16-10-9-15-27(28)29)34-26-19-17-23(18-20-26)22-37(32(33)38)31(24-11-5-3-6-12-24)25-13-7-4-8-14-25/h3-16,21,23,26,31H,17-20,22H2,1-2H3,(H2,33,38)(H,34,35)/t23-,26+. The maximum absolute atomic E-state index is 12.8. The van der Waals surface area contributed by atoms with Crippen LogP contribution in [0.3, 0.4) is 0 Å². The molecule has 1 heterocycles. The normalized spacial score (nSPS) is 17.3. The Morgan fingerprint density at radius 2 is 1.47 bits per heavy atom. The Balaban J connectivity index is 1.28. The summed E-state index contributed by atoms with van der Waals surface area (Å²) in [4.78, 5) is 21.7. The smallest absolute Gasteiger partial charge is 0.315 e. The Labute approximate surface area is 225 Å². The molecule has 5 rings (SSSR count). The third kappa shape index (κ3) is 5.75. The third-order valence-electron chi connectivity index (χ3n) is 7.66. The molecule has 6 heteroatoms. The number of nitrogens with zero attached hydrogens (tertiary/aromatic N) is 3. The molecule has 3 N–H and O–H groups in total. The summed E-state index contributed by atoms with van der Waals surface area (Å²) in [7, 11) is 4.14. The zero-order valence-electron chi connectivity index (χ0n) is 22.3. The number of anilines is 2. The van der Waals surface area contributed by atoms with Gasteiger partial charge in [-0.3, -0.25) is 0 Å². The molecule has 1 saturated carbocycles. The fourth-order valence-corrected chi connectivity index (χ4v) is 5.72. The lowest BCUT2D eigenvalue weighted by molar-refractivity contribution is 0.168. The van der Waals surface area contributed by atoms with E-state index in [2.05, 4.69) is 72.8 Å². The molecule has 1 fully saturated rings. The van der Waals surface area contributed by atoms with Gasteiger partial charge in [0, 0.05) is 43.8 Å². The monoisotopic (exact) mass is 507 g/mol. The first-order chi connectivity index (χ1) is 18.5. The highest BCUT2D eigenvalue weighted by molar-refractivity contribution is 5.93. The van der Waals surface area contributed by atoms with Crippen LogP contribution in [0.25, 0.3) is 10.9 Å². The summed E-state index contributed by atoms with van der Waals surface area (Å²) in [5, 5.41) is 4.85. The molecule has 1 aromatic heterocycles. The van der Waals surface area contributed by atoms with Crippen LogP contribution < -0.4 is 16.0 Å². The number of nitrogens with two attached hydrogens (primary N) is 1. The average molecular weight is 508 g/mol. The molecule has 0 aliphatic heterocycles. The van der Waals surface area contributed by atoms with Gasteiger partial charge in [-0.25, -0.2) is 9.78 Å². The highest BCUT2D eigenvalue weighted by Gasteiger charge is 2.30. The number of carbonyl (C=O) groups excluding carboxylic acids is 1. The maximum atomic E-state index is 12.8. The number of benzene rings is 3. The molecule has 0 atom stereocenters. The number of nitrogens with one attached hydrogen (secondary N) is 1. The van der Waals surface area contributed by atoms with Gasteiger partial charge in [0.2, 0.25) is 0 Å². The van der Waals surface area contributed by atoms with Gasteiger partial charge in [-0.2, -0.15) is 0 Å². The van der Waals surface area contributed by atoms with Gasteiger partial charge < -0.3 is 20.9 Å². The van der Waals surface area contributed by atoms with Crippen LogP contribution in [-0.2, 0) is 0 Å². The van der Waals surface area contributed by atoms with Gasteiger partial charge in [0.05, 0.1) is 11.6 Å². The lowest BCUT2D eigenvalue weighted by atomic mass is 9.85. The Bertz CT molecular complexity index is 1310. The van der Waals surface area contributed by atoms with Crippen molar-refractivity contribution in [3.05, 3.63) is 102 Å². The van der Waals surface area contributed by atoms with Gasteiger partial charge in [0.1, 0.15) is 5.82 Å². The van der Waals surface area contributed by atoms with E-state index < -0.39 is 0 Å². The summed E-state index contributed by atoms with van der Waals surface area (Å²) in [5.74, 6) is 1.32. The topological polar surface area (TPSA) is 74.5 Å². The van der Waals surface area contributed by atoms with Crippen molar-refractivity contribution in [2.45, 2.75) is 37.8 Å². The molecule has 0 saturated heterocycles. The molecular weight excluding hydrogens is 470 g/mol. The van der Waals surface area contributed by atoms with Crippen LogP contribution in [0, 0.1) is 5.92 Å². The second-order valence-electron chi connectivity index (χ2n) is 10.5. The van der Waals surface area contributed by atoms with Crippen molar-refractivity contribution in [1.82, 2.24) is 9.88 Å². The van der Waals surface area contributed by atoms with Crippen molar-refractivity contribution in [2.24, 2.45) is 11.7 Å². The summed E-state index contributed by atoms with van der Waals surface area (Å²) >= 11 is 0. The molecule has 2 amide bonds. The van der Waals surface area contributed by atoms with E-state index in [0.29, 0.717) is 18.5 Å². The van der Waals surface area contributed by atoms with Gasteiger partial charge in [0.25, 0.3) is 0 Å². The Morgan fingerprint density at radius 3 is 2.05 bits per heavy atom. The van der Waals surface area contributed by atoms with Crippen molar-refractivity contribution >= 4 is 28.4 Å². The number of hydrogen-bond acceptors (Lipinski definition) is 4. The van der Waals surface area contributed by atoms with E-state index in [4.69, 9.17) is 10.7 Å². The summed E-state index contributed by atoms with van der Waals surface area (Å²) in [6, 6.07) is 30.6. The molecular formula is C32H37N5O. The van der Waals surface area contributed by atoms with E-state index in [1.807, 2.05) is 47.4 Å². The van der Waals surface area contributed by atoms with E-state index in [1.54, 1.807) is 0 Å². The number of carbonyl (C=O) groups is 1. The number of amides is 2. The van der Waals surface area contributed by atoms with E-state index in [-0.39, 0.29) is 12.1 Å². The molecule has 0 bridgehead atoms. The number of pyridine rings is 1. The highest BCUT2D eigenvalue weighted by Crippen LogP contribution is 2.34. The molecule has 6 nitrogen and oxygen atoms in total. The van der Waals surface area contributed by atoms with Gasteiger partial charge >= 0.3 is 6.03 Å². The predicted octanol–water partition coefficient (Wildman–Crippen LogP) is 6.44. The molecule has 1 aliphatic carbocycles. The molecule has 0 spiro atoms. The first-order valence-corrected chi connectivity index (χ1v) is 13.5. The Kier molecular flexibility index (Phi) is 7.78. The zero-order valence-corrected chi connectivity index (χ0v) is 22.3. The van der Waals surface area contributed by atoms with E-state index in [0.717, 1.165) is 59.2 Å². The van der Waals surface area contributed by atoms with Crippen molar-refractivity contribution in [3.8, 4) is 0 Å². The maximum Gasteiger partial charge on any atom is 0.315 e. The molecule has 38 heavy (non-hydrogen) atoms. The first kappa shape index (κ1) is 25.6. The minimum Gasteiger partial charge on any atom is -0.377 e. The largest absolute Gasteiger partial charge is 0.377 e. The number of urea groups is 1. The number of primary amides is 1. The van der Waals surface area contributed by atoms with Gasteiger partial charge in [-0.1, -0.05) is 78.9 Å². The molecule has 0 radical (unpaired) electrons.